The molecule has 1 aliphatic heterocycles. The molecule has 0 bridgehead atoms. The molecule has 1 saturated heterocycles. The van der Waals surface area contributed by atoms with E-state index in [1.165, 1.54) is 7.11 Å². The van der Waals surface area contributed by atoms with Crippen molar-refractivity contribution in [1.82, 2.24) is 0 Å². The van der Waals surface area contributed by atoms with Crippen LogP contribution in [-0.4, -0.2) is 37.4 Å². The molecule has 0 radical (unpaired) electrons. The van der Waals surface area contributed by atoms with Gasteiger partial charge in [-0.05, 0) is 12.8 Å². The third kappa shape index (κ3) is 2.23. The predicted octanol–water partition coefficient (Wildman–Crippen LogP) is 0.431. The smallest absolute Gasteiger partial charge is 0.312 e. The van der Waals surface area contributed by atoms with E-state index < -0.39 is 17.4 Å². The van der Waals surface area contributed by atoms with Crippen LogP contribution in [0.3, 0.4) is 0 Å². The van der Waals surface area contributed by atoms with Crippen molar-refractivity contribution in [2.24, 2.45) is 5.41 Å². The molecule has 0 aliphatic carbocycles. The lowest BCUT2D eigenvalue weighted by atomic mass is 9.77. The van der Waals surface area contributed by atoms with E-state index in [1.807, 2.05) is 0 Å². The van der Waals surface area contributed by atoms with Crippen LogP contribution in [0.4, 0.5) is 0 Å². The summed E-state index contributed by atoms with van der Waals surface area (Å²) in [5.41, 5.74) is -0.876. The Bertz CT molecular complexity index is 229. The number of hydrogen-bond acceptors (Lipinski definition) is 4. The van der Waals surface area contributed by atoms with Crippen LogP contribution in [-0.2, 0) is 19.1 Å². The Balaban J connectivity index is 2.76. The minimum Gasteiger partial charge on any atom is -0.481 e. The fraction of sp³-hybridized carbons (Fsp3) is 0.778. The van der Waals surface area contributed by atoms with Gasteiger partial charge < -0.3 is 14.6 Å². The van der Waals surface area contributed by atoms with Crippen LogP contribution in [0.15, 0.2) is 0 Å². The maximum Gasteiger partial charge on any atom is 0.312 e. The monoisotopic (exact) mass is 202 g/mol. The number of rotatable bonds is 3. The maximum absolute atomic E-state index is 11.5. The minimum atomic E-state index is -0.975. The molecule has 5 heteroatoms. The van der Waals surface area contributed by atoms with Gasteiger partial charge in [0, 0.05) is 13.2 Å². The summed E-state index contributed by atoms with van der Waals surface area (Å²) in [4.78, 5) is 22.1. The number of hydrogen-bond donors (Lipinski definition) is 1. The van der Waals surface area contributed by atoms with Gasteiger partial charge in [0.25, 0.3) is 0 Å². The highest BCUT2D eigenvalue weighted by Gasteiger charge is 2.42. The zero-order chi connectivity index (χ0) is 10.6. The molecule has 0 saturated carbocycles. The zero-order valence-electron chi connectivity index (χ0n) is 8.12. The Morgan fingerprint density at radius 1 is 1.43 bits per heavy atom. The quantitative estimate of drug-likeness (QED) is 0.672. The van der Waals surface area contributed by atoms with E-state index in [1.54, 1.807) is 0 Å². The van der Waals surface area contributed by atoms with Gasteiger partial charge in [-0.3, -0.25) is 9.59 Å². The van der Waals surface area contributed by atoms with Crippen LogP contribution in [0.1, 0.15) is 19.3 Å². The molecule has 0 aromatic carbocycles. The molecule has 5 nitrogen and oxygen atoms in total. The molecule has 1 fully saturated rings. The van der Waals surface area contributed by atoms with Crippen molar-refractivity contribution in [2.45, 2.75) is 19.3 Å². The van der Waals surface area contributed by atoms with Gasteiger partial charge in [-0.15, -0.1) is 0 Å². The van der Waals surface area contributed by atoms with Crippen molar-refractivity contribution in [3.05, 3.63) is 0 Å². The summed E-state index contributed by atoms with van der Waals surface area (Å²) in [6, 6.07) is 0. The molecule has 1 rings (SSSR count). The molecular weight excluding hydrogens is 188 g/mol. The van der Waals surface area contributed by atoms with E-state index in [0.29, 0.717) is 26.1 Å². The molecule has 0 spiro atoms. The van der Waals surface area contributed by atoms with Gasteiger partial charge in [0.2, 0.25) is 0 Å². The fourth-order valence-electron chi connectivity index (χ4n) is 1.72. The summed E-state index contributed by atoms with van der Waals surface area (Å²) in [5, 5.41) is 8.73. The number of esters is 1. The van der Waals surface area contributed by atoms with Crippen molar-refractivity contribution >= 4 is 11.9 Å². The predicted molar refractivity (Wildman–Crippen MR) is 46.8 cm³/mol. The summed E-state index contributed by atoms with van der Waals surface area (Å²) >= 11 is 0. The van der Waals surface area contributed by atoms with E-state index in [-0.39, 0.29) is 6.42 Å². The standard InChI is InChI=1S/C9H14O5/c1-13-8(12)9(6-7(10)11)2-4-14-5-3-9/h2-6H2,1H3,(H,10,11). The molecule has 1 N–H and O–H groups in total. The van der Waals surface area contributed by atoms with Gasteiger partial charge in [0.15, 0.2) is 0 Å². The van der Waals surface area contributed by atoms with E-state index in [9.17, 15) is 9.59 Å². The number of ether oxygens (including phenoxy) is 2. The average molecular weight is 202 g/mol. The number of carbonyl (C=O) groups excluding carboxylic acids is 1. The summed E-state index contributed by atoms with van der Waals surface area (Å²) in [6.45, 7) is 0.838. The first-order valence-corrected chi connectivity index (χ1v) is 4.49. The van der Waals surface area contributed by atoms with Gasteiger partial charge in [0.1, 0.15) is 0 Å². The molecule has 0 atom stereocenters. The Labute approximate surface area is 82.0 Å². The van der Waals surface area contributed by atoms with Crippen molar-refractivity contribution in [2.75, 3.05) is 20.3 Å². The molecule has 0 unspecified atom stereocenters. The highest BCUT2D eigenvalue weighted by molar-refractivity contribution is 5.82. The van der Waals surface area contributed by atoms with Crippen LogP contribution < -0.4 is 0 Å². The summed E-state index contributed by atoms with van der Waals surface area (Å²) < 4.78 is 9.74. The Morgan fingerprint density at radius 2 is 2.00 bits per heavy atom. The Kier molecular flexibility index (Phi) is 3.46. The highest BCUT2D eigenvalue weighted by atomic mass is 16.5. The number of methoxy groups -OCH3 is 1. The topological polar surface area (TPSA) is 72.8 Å². The molecule has 0 aromatic rings. The van der Waals surface area contributed by atoms with Crippen LogP contribution >= 0.6 is 0 Å². The van der Waals surface area contributed by atoms with Gasteiger partial charge in [-0.2, -0.15) is 0 Å². The summed E-state index contributed by atoms with van der Waals surface area (Å²) in [5.74, 6) is -1.42. The van der Waals surface area contributed by atoms with Crippen LogP contribution in [0.5, 0.6) is 0 Å². The van der Waals surface area contributed by atoms with Crippen LogP contribution in [0.25, 0.3) is 0 Å². The van der Waals surface area contributed by atoms with Gasteiger partial charge in [-0.1, -0.05) is 0 Å². The molecule has 1 aliphatic rings. The highest BCUT2D eigenvalue weighted by Crippen LogP contribution is 2.35. The molecule has 0 amide bonds. The normalized spacial score (nSPS) is 20.1. The first-order valence-electron chi connectivity index (χ1n) is 4.49. The molecular formula is C9H14O5. The number of aliphatic carboxylic acids is 1. The SMILES string of the molecule is COC(=O)C1(CC(=O)O)CCOCC1. The van der Waals surface area contributed by atoms with Crippen molar-refractivity contribution in [1.29, 1.82) is 0 Å². The first-order chi connectivity index (χ1) is 6.60. The number of carboxylic acids is 1. The first kappa shape index (κ1) is 11.0. The summed E-state index contributed by atoms with van der Waals surface area (Å²) in [6.07, 6.45) is 0.668. The third-order valence-electron chi connectivity index (χ3n) is 2.56. The minimum absolute atomic E-state index is 0.178. The van der Waals surface area contributed by atoms with E-state index in [2.05, 4.69) is 4.74 Å². The third-order valence-corrected chi connectivity index (χ3v) is 2.56. The second-order valence-electron chi connectivity index (χ2n) is 3.45. The second kappa shape index (κ2) is 4.41. The Hall–Kier alpha value is -1.10. The van der Waals surface area contributed by atoms with E-state index in [4.69, 9.17) is 9.84 Å². The lowest BCUT2D eigenvalue weighted by Crippen LogP contribution is -2.39. The zero-order valence-corrected chi connectivity index (χ0v) is 8.12. The molecule has 14 heavy (non-hydrogen) atoms. The van der Waals surface area contributed by atoms with Gasteiger partial charge >= 0.3 is 11.9 Å². The van der Waals surface area contributed by atoms with E-state index >= 15 is 0 Å². The van der Waals surface area contributed by atoms with Gasteiger partial charge in [0.05, 0.1) is 18.9 Å². The van der Waals surface area contributed by atoms with Gasteiger partial charge in [-0.25, -0.2) is 0 Å². The van der Waals surface area contributed by atoms with Crippen molar-refractivity contribution in [3.8, 4) is 0 Å². The molecule has 80 valence electrons. The number of carboxylic acid groups (broad SMARTS) is 1. The van der Waals surface area contributed by atoms with Crippen molar-refractivity contribution < 1.29 is 24.2 Å². The van der Waals surface area contributed by atoms with Crippen LogP contribution in [0, 0.1) is 5.41 Å². The average Bonchev–Trinajstić information content (AvgIpc) is 2.17. The fourth-order valence-corrected chi connectivity index (χ4v) is 1.72. The molecule has 0 aromatic heterocycles. The summed E-state index contributed by atoms with van der Waals surface area (Å²) in [7, 11) is 1.28. The lowest BCUT2D eigenvalue weighted by molar-refractivity contribution is -0.164. The van der Waals surface area contributed by atoms with E-state index in [0.717, 1.165) is 0 Å². The Morgan fingerprint density at radius 3 is 2.43 bits per heavy atom. The lowest BCUT2D eigenvalue weighted by Gasteiger charge is -2.32. The number of carbonyl (C=O) groups is 2. The van der Waals surface area contributed by atoms with Crippen LogP contribution in [0.2, 0.25) is 0 Å². The second-order valence-corrected chi connectivity index (χ2v) is 3.45. The largest absolute Gasteiger partial charge is 0.481 e. The maximum atomic E-state index is 11.5. The van der Waals surface area contributed by atoms with Crippen molar-refractivity contribution in [3.63, 3.8) is 0 Å². The molecule has 1 heterocycles.